The van der Waals surface area contributed by atoms with E-state index in [4.69, 9.17) is 0 Å². The van der Waals surface area contributed by atoms with E-state index in [2.05, 4.69) is 50.4 Å². The third kappa shape index (κ3) is 3.57. The SMILES string of the molecule is CCCNc1ncc(Br)c(NC2CCC(C)C2)n1. The largest absolute Gasteiger partial charge is 0.366 e. The number of nitrogens with one attached hydrogen (secondary N) is 2. The zero-order valence-corrected chi connectivity index (χ0v) is 12.6. The first kappa shape index (κ1) is 13.6. The highest BCUT2D eigenvalue weighted by Crippen LogP contribution is 2.29. The molecular formula is C13H21BrN4. The van der Waals surface area contributed by atoms with Gasteiger partial charge in [0.2, 0.25) is 5.95 Å². The van der Waals surface area contributed by atoms with Gasteiger partial charge in [0, 0.05) is 18.8 Å². The third-order valence-electron chi connectivity index (χ3n) is 3.31. The van der Waals surface area contributed by atoms with Gasteiger partial charge in [-0.25, -0.2) is 4.98 Å². The molecule has 1 aromatic heterocycles. The van der Waals surface area contributed by atoms with Crippen LogP contribution >= 0.6 is 15.9 Å². The molecule has 0 aliphatic heterocycles. The topological polar surface area (TPSA) is 49.8 Å². The number of anilines is 2. The molecule has 5 heteroatoms. The number of rotatable bonds is 5. The van der Waals surface area contributed by atoms with E-state index in [9.17, 15) is 0 Å². The van der Waals surface area contributed by atoms with Crippen molar-refractivity contribution in [3.63, 3.8) is 0 Å². The van der Waals surface area contributed by atoms with Gasteiger partial charge in [-0.3, -0.25) is 0 Å². The molecule has 2 rings (SSSR count). The van der Waals surface area contributed by atoms with Crippen molar-refractivity contribution in [2.45, 2.75) is 45.6 Å². The Bertz CT molecular complexity index is 397. The average Bonchev–Trinajstić information content (AvgIpc) is 2.76. The van der Waals surface area contributed by atoms with Crippen molar-refractivity contribution in [1.29, 1.82) is 0 Å². The molecule has 1 aromatic rings. The molecule has 1 aliphatic carbocycles. The van der Waals surface area contributed by atoms with E-state index in [0.29, 0.717) is 12.0 Å². The van der Waals surface area contributed by atoms with Gasteiger partial charge in [0.25, 0.3) is 0 Å². The lowest BCUT2D eigenvalue weighted by Crippen LogP contribution is -2.17. The molecule has 0 bridgehead atoms. The molecule has 0 spiro atoms. The Balaban J connectivity index is 2.01. The first-order valence-electron chi connectivity index (χ1n) is 6.72. The molecule has 1 saturated carbocycles. The molecule has 4 nitrogen and oxygen atoms in total. The van der Waals surface area contributed by atoms with Gasteiger partial charge >= 0.3 is 0 Å². The van der Waals surface area contributed by atoms with Crippen molar-refractivity contribution >= 4 is 27.7 Å². The predicted octanol–water partition coefficient (Wildman–Crippen LogP) is 3.66. The Morgan fingerprint density at radius 2 is 2.28 bits per heavy atom. The average molecular weight is 313 g/mol. The van der Waals surface area contributed by atoms with Gasteiger partial charge in [0.05, 0.1) is 4.47 Å². The highest BCUT2D eigenvalue weighted by molar-refractivity contribution is 9.10. The smallest absolute Gasteiger partial charge is 0.224 e. The normalized spacial score (nSPS) is 23.1. The Kier molecular flexibility index (Phi) is 4.80. The summed E-state index contributed by atoms with van der Waals surface area (Å²) in [5.41, 5.74) is 0. The molecule has 0 amide bonds. The maximum Gasteiger partial charge on any atom is 0.224 e. The number of hydrogen-bond acceptors (Lipinski definition) is 4. The van der Waals surface area contributed by atoms with Crippen molar-refractivity contribution < 1.29 is 0 Å². The molecule has 1 aliphatic rings. The highest BCUT2D eigenvalue weighted by atomic mass is 79.9. The fourth-order valence-electron chi connectivity index (χ4n) is 2.32. The summed E-state index contributed by atoms with van der Waals surface area (Å²) >= 11 is 3.51. The minimum absolute atomic E-state index is 0.547. The van der Waals surface area contributed by atoms with Gasteiger partial charge in [-0.05, 0) is 47.5 Å². The van der Waals surface area contributed by atoms with E-state index in [1.807, 2.05) is 6.20 Å². The quantitative estimate of drug-likeness (QED) is 0.871. The molecule has 0 radical (unpaired) electrons. The predicted molar refractivity (Wildman–Crippen MR) is 78.9 cm³/mol. The Hall–Kier alpha value is -0.840. The first-order valence-corrected chi connectivity index (χ1v) is 7.51. The van der Waals surface area contributed by atoms with Crippen LogP contribution in [0.2, 0.25) is 0 Å². The van der Waals surface area contributed by atoms with E-state index in [0.717, 1.165) is 29.2 Å². The first-order chi connectivity index (χ1) is 8.69. The molecular weight excluding hydrogens is 292 g/mol. The van der Waals surface area contributed by atoms with Gasteiger partial charge in [-0.2, -0.15) is 4.98 Å². The molecule has 0 saturated heterocycles. The van der Waals surface area contributed by atoms with Gasteiger partial charge < -0.3 is 10.6 Å². The lowest BCUT2D eigenvalue weighted by atomic mass is 10.1. The van der Waals surface area contributed by atoms with Crippen LogP contribution in [0.25, 0.3) is 0 Å². The van der Waals surface area contributed by atoms with E-state index < -0.39 is 0 Å². The number of nitrogens with zero attached hydrogens (tertiary/aromatic N) is 2. The fraction of sp³-hybridized carbons (Fsp3) is 0.692. The van der Waals surface area contributed by atoms with E-state index >= 15 is 0 Å². The summed E-state index contributed by atoms with van der Waals surface area (Å²) in [6, 6.07) is 0.547. The lowest BCUT2D eigenvalue weighted by molar-refractivity contribution is 0.602. The molecule has 2 N–H and O–H groups in total. The van der Waals surface area contributed by atoms with E-state index in [-0.39, 0.29) is 0 Å². The minimum atomic E-state index is 0.547. The zero-order valence-electron chi connectivity index (χ0n) is 11.0. The number of halogens is 1. The van der Waals surface area contributed by atoms with Gasteiger partial charge in [-0.1, -0.05) is 13.8 Å². The summed E-state index contributed by atoms with van der Waals surface area (Å²) in [5, 5.41) is 6.73. The summed E-state index contributed by atoms with van der Waals surface area (Å²) in [5.74, 6) is 2.43. The van der Waals surface area contributed by atoms with Crippen LogP contribution in [0.5, 0.6) is 0 Å². The highest BCUT2D eigenvalue weighted by Gasteiger charge is 2.22. The fourth-order valence-corrected chi connectivity index (χ4v) is 2.63. The summed E-state index contributed by atoms with van der Waals surface area (Å²) in [6.45, 7) is 5.34. The maximum atomic E-state index is 4.52. The van der Waals surface area contributed by atoms with Gasteiger partial charge in [-0.15, -0.1) is 0 Å². The molecule has 2 atom stereocenters. The van der Waals surface area contributed by atoms with Crippen LogP contribution in [-0.4, -0.2) is 22.6 Å². The number of hydrogen-bond donors (Lipinski definition) is 2. The van der Waals surface area contributed by atoms with Crippen LogP contribution in [0.3, 0.4) is 0 Å². The Morgan fingerprint density at radius 1 is 1.44 bits per heavy atom. The van der Waals surface area contributed by atoms with Crippen molar-refractivity contribution in [2.75, 3.05) is 17.2 Å². The van der Waals surface area contributed by atoms with Crippen LogP contribution in [0.4, 0.5) is 11.8 Å². The molecule has 2 unspecified atom stereocenters. The van der Waals surface area contributed by atoms with Gasteiger partial charge in [0.15, 0.2) is 0 Å². The van der Waals surface area contributed by atoms with Crippen LogP contribution in [0.15, 0.2) is 10.7 Å². The zero-order chi connectivity index (χ0) is 13.0. The Labute approximate surface area is 117 Å². The monoisotopic (exact) mass is 312 g/mol. The summed E-state index contributed by atoms with van der Waals surface area (Å²) in [7, 11) is 0. The molecule has 18 heavy (non-hydrogen) atoms. The van der Waals surface area contributed by atoms with Crippen molar-refractivity contribution in [2.24, 2.45) is 5.92 Å². The molecule has 0 aromatic carbocycles. The van der Waals surface area contributed by atoms with E-state index in [1.165, 1.54) is 19.3 Å². The second-order valence-electron chi connectivity index (χ2n) is 5.08. The summed E-state index contributed by atoms with van der Waals surface area (Å²) < 4.78 is 0.934. The van der Waals surface area contributed by atoms with Crippen molar-refractivity contribution in [3.8, 4) is 0 Å². The molecule has 100 valence electrons. The third-order valence-corrected chi connectivity index (χ3v) is 3.89. The van der Waals surface area contributed by atoms with Crippen LogP contribution in [0.1, 0.15) is 39.5 Å². The van der Waals surface area contributed by atoms with Crippen LogP contribution < -0.4 is 10.6 Å². The van der Waals surface area contributed by atoms with Crippen molar-refractivity contribution in [3.05, 3.63) is 10.7 Å². The van der Waals surface area contributed by atoms with Crippen molar-refractivity contribution in [1.82, 2.24) is 9.97 Å². The second-order valence-corrected chi connectivity index (χ2v) is 5.93. The second kappa shape index (κ2) is 6.36. The van der Waals surface area contributed by atoms with Crippen LogP contribution in [0, 0.1) is 5.92 Å². The lowest BCUT2D eigenvalue weighted by Gasteiger charge is -2.15. The summed E-state index contributed by atoms with van der Waals surface area (Å²) in [6.07, 6.45) is 6.65. The Morgan fingerprint density at radius 3 is 2.94 bits per heavy atom. The number of aromatic nitrogens is 2. The van der Waals surface area contributed by atoms with E-state index in [1.54, 1.807) is 0 Å². The summed E-state index contributed by atoms with van der Waals surface area (Å²) in [4.78, 5) is 8.77. The van der Waals surface area contributed by atoms with Crippen LogP contribution in [-0.2, 0) is 0 Å². The molecule has 1 heterocycles. The standard InChI is InChI=1S/C13H21BrN4/c1-3-6-15-13-16-8-11(14)12(18-13)17-10-5-4-9(2)7-10/h8-10H,3-7H2,1-2H3,(H2,15,16,17,18). The molecule has 1 fully saturated rings. The minimum Gasteiger partial charge on any atom is -0.366 e. The maximum absolute atomic E-state index is 4.52. The van der Waals surface area contributed by atoms with Gasteiger partial charge in [0.1, 0.15) is 5.82 Å².